The Kier molecular flexibility index (Phi) is 2.14. The molecule has 2 aliphatic rings. The molecule has 92 valence electrons. The molecule has 4 nitrogen and oxygen atoms in total. The SMILES string of the molecule is Clc1nc(C2CCC2)nc2cc3c(cc12)OCO3. The summed E-state index contributed by atoms with van der Waals surface area (Å²) >= 11 is 6.24. The highest BCUT2D eigenvalue weighted by molar-refractivity contribution is 6.34. The monoisotopic (exact) mass is 262 g/mol. The van der Waals surface area contributed by atoms with E-state index in [1.54, 1.807) is 0 Å². The average Bonchev–Trinajstić information content (AvgIpc) is 2.71. The lowest BCUT2D eigenvalue weighted by molar-refractivity contribution is 0.174. The van der Waals surface area contributed by atoms with Gasteiger partial charge in [0.05, 0.1) is 5.52 Å². The molecule has 0 N–H and O–H groups in total. The molecule has 1 aromatic carbocycles. The minimum Gasteiger partial charge on any atom is -0.454 e. The molecule has 0 atom stereocenters. The van der Waals surface area contributed by atoms with Crippen LogP contribution in [-0.4, -0.2) is 16.8 Å². The first-order valence-corrected chi connectivity index (χ1v) is 6.46. The molecule has 0 spiro atoms. The van der Waals surface area contributed by atoms with Gasteiger partial charge in [0.25, 0.3) is 0 Å². The molecule has 0 unspecified atom stereocenters. The molecule has 1 saturated carbocycles. The summed E-state index contributed by atoms with van der Waals surface area (Å²) in [6.07, 6.45) is 3.57. The number of benzene rings is 1. The van der Waals surface area contributed by atoms with Gasteiger partial charge in [0.2, 0.25) is 6.79 Å². The van der Waals surface area contributed by atoms with Crippen LogP contribution in [0.2, 0.25) is 5.15 Å². The van der Waals surface area contributed by atoms with Crippen molar-refractivity contribution in [1.82, 2.24) is 9.97 Å². The zero-order chi connectivity index (χ0) is 12.1. The summed E-state index contributed by atoms with van der Waals surface area (Å²) in [5, 5.41) is 1.32. The van der Waals surface area contributed by atoms with Gasteiger partial charge in [-0.1, -0.05) is 18.0 Å². The van der Waals surface area contributed by atoms with E-state index in [0.29, 0.717) is 16.8 Å². The van der Waals surface area contributed by atoms with Gasteiger partial charge in [-0.2, -0.15) is 0 Å². The number of ether oxygens (including phenoxy) is 2. The molecule has 2 heterocycles. The third kappa shape index (κ3) is 1.45. The summed E-state index contributed by atoms with van der Waals surface area (Å²) < 4.78 is 10.7. The van der Waals surface area contributed by atoms with Crippen LogP contribution in [0.5, 0.6) is 11.5 Å². The van der Waals surface area contributed by atoms with Crippen LogP contribution in [0.15, 0.2) is 12.1 Å². The zero-order valence-corrected chi connectivity index (χ0v) is 10.4. The van der Waals surface area contributed by atoms with Crippen molar-refractivity contribution in [3.05, 3.63) is 23.1 Å². The fraction of sp³-hybridized carbons (Fsp3) is 0.385. The van der Waals surface area contributed by atoms with E-state index in [1.165, 1.54) is 6.42 Å². The minimum absolute atomic E-state index is 0.256. The average molecular weight is 263 g/mol. The third-order valence-electron chi connectivity index (χ3n) is 3.63. The predicted molar refractivity (Wildman–Crippen MR) is 67.3 cm³/mol. The highest BCUT2D eigenvalue weighted by atomic mass is 35.5. The maximum atomic E-state index is 6.24. The van der Waals surface area contributed by atoms with E-state index >= 15 is 0 Å². The second-order valence-electron chi connectivity index (χ2n) is 4.72. The zero-order valence-electron chi connectivity index (χ0n) is 9.65. The van der Waals surface area contributed by atoms with E-state index < -0.39 is 0 Å². The van der Waals surface area contributed by atoms with Crippen molar-refractivity contribution in [2.45, 2.75) is 25.2 Å². The molecule has 1 aromatic heterocycles. The van der Waals surface area contributed by atoms with Gasteiger partial charge in [0.1, 0.15) is 11.0 Å². The number of rotatable bonds is 1. The van der Waals surface area contributed by atoms with E-state index in [9.17, 15) is 0 Å². The first-order chi connectivity index (χ1) is 8.81. The normalized spacial score (nSPS) is 18.1. The molecular weight excluding hydrogens is 252 g/mol. The van der Waals surface area contributed by atoms with Crippen LogP contribution < -0.4 is 9.47 Å². The number of halogens is 1. The Morgan fingerprint density at radius 2 is 1.89 bits per heavy atom. The van der Waals surface area contributed by atoms with Crippen LogP contribution in [-0.2, 0) is 0 Å². The van der Waals surface area contributed by atoms with E-state index in [0.717, 1.165) is 35.3 Å². The Hall–Kier alpha value is -1.55. The van der Waals surface area contributed by atoms with Crippen molar-refractivity contribution >= 4 is 22.5 Å². The van der Waals surface area contributed by atoms with Crippen LogP contribution in [0.1, 0.15) is 31.0 Å². The molecule has 4 rings (SSSR count). The highest BCUT2D eigenvalue weighted by Gasteiger charge is 2.24. The fourth-order valence-corrected chi connectivity index (χ4v) is 2.59. The topological polar surface area (TPSA) is 44.2 Å². The third-order valence-corrected chi connectivity index (χ3v) is 3.92. The molecule has 0 bridgehead atoms. The van der Waals surface area contributed by atoms with Crippen LogP contribution in [0, 0.1) is 0 Å². The maximum Gasteiger partial charge on any atom is 0.231 e. The van der Waals surface area contributed by atoms with Gasteiger partial charge in [0.15, 0.2) is 11.5 Å². The van der Waals surface area contributed by atoms with E-state index in [-0.39, 0.29) is 6.79 Å². The van der Waals surface area contributed by atoms with Gasteiger partial charge >= 0.3 is 0 Å². The van der Waals surface area contributed by atoms with Gasteiger partial charge in [0, 0.05) is 17.4 Å². The highest BCUT2D eigenvalue weighted by Crippen LogP contribution is 2.40. The molecule has 0 saturated heterocycles. The summed E-state index contributed by atoms with van der Waals surface area (Å²) in [6.45, 7) is 0.256. The van der Waals surface area contributed by atoms with Crippen LogP contribution in [0.25, 0.3) is 10.9 Å². The molecule has 0 amide bonds. The summed E-state index contributed by atoms with van der Waals surface area (Å²) in [7, 11) is 0. The van der Waals surface area contributed by atoms with Crippen LogP contribution in [0.4, 0.5) is 0 Å². The first-order valence-electron chi connectivity index (χ1n) is 6.08. The maximum absolute atomic E-state index is 6.24. The van der Waals surface area contributed by atoms with E-state index in [4.69, 9.17) is 21.1 Å². The fourth-order valence-electron chi connectivity index (χ4n) is 2.35. The van der Waals surface area contributed by atoms with Crippen molar-refractivity contribution < 1.29 is 9.47 Å². The standard InChI is InChI=1S/C13H11ClN2O2/c14-12-8-4-10-11(18-6-17-10)5-9(8)15-13(16-12)7-2-1-3-7/h4-5,7H,1-3,6H2. The Bertz CT molecular complexity index is 640. The molecule has 0 radical (unpaired) electrons. The smallest absolute Gasteiger partial charge is 0.231 e. The lowest BCUT2D eigenvalue weighted by Crippen LogP contribution is -2.12. The number of hydrogen-bond donors (Lipinski definition) is 0. The molecule has 5 heteroatoms. The van der Waals surface area contributed by atoms with Crippen LogP contribution >= 0.6 is 11.6 Å². The van der Waals surface area contributed by atoms with E-state index in [1.807, 2.05) is 12.1 Å². The van der Waals surface area contributed by atoms with Gasteiger partial charge in [-0.3, -0.25) is 0 Å². The number of aromatic nitrogens is 2. The summed E-state index contributed by atoms with van der Waals surface area (Å²) in [6, 6.07) is 3.73. The lowest BCUT2D eigenvalue weighted by Gasteiger charge is -2.23. The second kappa shape index (κ2) is 3.72. The molecule has 1 aliphatic heterocycles. The van der Waals surface area contributed by atoms with Gasteiger partial charge in [-0.25, -0.2) is 9.97 Å². The quantitative estimate of drug-likeness (QED) is 0.740. The van der Waals surface area contributed by atoms with Crippen molar-refractivity contribution in [1.29, 1.82) is 0 Å². The van der Waals surface area contributed by atoms with Gasteiger partial charge < -0.3 is 9.47 Å². The molecule has 2 aromatic rings. The molecule has 18 heavy (non-hydrogen) atoms. The Labute approximate surface area is 109 Å². The second-order valence-corrected chi connectivity index (χ2v) is 5.08. The number of nitrogens with zero attached hydrogens (tertiary/aromatic N) is 2. The lowest BCUT2D eigenvalue weighted by atomic mass is 9.85. The minimum atomic E-state index is 0.256. The van der Waals surface area contributed by atoms with Crippen LogP contribution in [0.3, 0.4) is 0 Å². The number of fused-ring (bicyclic) bond motifs is 2. The Morgan fingerprint density at radius 3 is 2.61 bits per heavy atom. The molecule has 1 fully saturated rings. The van der Waals surface area contributed by atoms with Gasteiger partial charge in [-0.15, -0.1) is 0 Å². The largest absolute Gasteiger partial charge is 0.454 e. The van der Waals surface area contributed by atoms with Crippen molar-refractivity contribution in [3.63, 3.8) is 0 Å². The van der Waals surface area contributed by atoms with Crippen molar-refractivity contribution in [2.24, 2.45) is 0 Å². The van der Waals surface area contributed by atoms with E-state index in [2.05, 4.69) is 9.97 Å². The van der Waals surface area contributed by atoms with Crippen molar-refractivity contribution in [3.8, 4) is 11.5 Å². The van der Waals surface area contributed by atoms with Gasteiger partial charge in [-0.05, 0) is 18.9 Å². The summed E-state index contributed by atoms with van der Waals surface area (Å²) in [5.74, 6) is 2.77. The Morgan fingerprint density at radius 1 is 1.11 bits per heavy atom. The Balaban J connectivity index is 1.92. The summed E-state index contributed by atoms with van der Waals surface area (Å²) in [4.78, 5) is 9.01. The van der Waals surface area contributed by atoms with Crippen molar-refractivity contribution in [2.75, 3.05) is 6.79 Å². The molecule has 1 aliphatic carbocycles. The first kappa shape index (κ1) is 10.4. The predicted octanol–water partition coefficient (Wildman–Crippen LogP) is 3.28. The molecular formula is C13H11ClN2O2. The number of hydrogen-bond acceptors (Lipinski definition) is 4. The summed E-state index contributed by atoms with van der Waals surface area (Å²) in [5.41, 5.74) is 0.834.